The Morgan fingerprint density at radius 3 is 2.50 bits per heavy atom. The van der Waals surface area contributed by atoms with E-state index in [1.54, 1.807) is 0 Å². The predicted molar refractivity (Wildman–Crippen MR) is 72.8 cm³/mol. The van der Waals surface area contributed by atoms with Crippen LogP contribution in [0.25, 0.3) is 0 Å². The molecule has 0 aliphatic heterocycles. The smallest absolute Gasteiger partial charge is 0.122 e. The van der Waals surface area contributed by atoms with Crippen molar-refractivity contribution in [2.75, 3.05) is 12.3 Å². The first-order valence-corrected chi connectivity index (χ1v) is 6.16. The van der Waals surface area contributed by atoms with Gasteiger partial charge < -0.3 is 10.5 Å². The molecular weight excluding hydrogens is 226 g/mol. The summed E-state index contributed by atoms with van der Waals surface area (Å²) < 4.78 is 7.27. The maximum absolute atomic E-state index is 5.93. The maximum Gasteiger partial charge on any atom is 0.122 e. The van der Waals surface area contributed by atoms with Crippen LogP contribution in [0.3, 0.4) is 0 Å². The molecule has 4 heteroatoms. The van der Waals surface area contributed by atoms with Crippen molar-refractivity contribution in [2.24, 2.45) is 0 Å². The lowest BCUT2D eigenvalue weighted by Crippen LogP contribution is -2.11. The van der Waals surface area contributed by atoms with E-state index in [4.69, 9.17) is 10.5 Å². The summed E-state index contributed by atoms with van der Waals surface area (Å²) in [7, 11) is 0. The Hall–Kier alpha value is -1.97. The average Bonchev–Trinajstić information content (AvgIpc) is 2.69. The summed E-state index contributed by atoms with van der Waals surface area (Å²) in [6.45, 7) is 6.68. The molecule has 4 nitrogen and oxygen atoms in total. The zero-order valence-corrected chi connectivity index (χ0v) is 11.1. The summed E-state index contributed by atoms with van der Waals surface area (Å²) in [4.78, 5) is 0. The average molecular weight is 245 g/mol. The Bertz CT molecular complexity index is 516. The second kappa shape index (κ2) is 5.12. The lowest BCUT2D eigenvalue weighted by Gasteiger charge is -2.15. The standard InChI is InChI=1S/C14H19N3O/c1-4-18-13-7-5-12(6-8-13)11(3)17-14(15)9-10(2)16-17/h5-9,11H,4,15H2,1-3H3. The summed E-state index contributed by atoms with van der Waals surface area (Å²) in [5.74, 6) is 1.58. The van der Waals surface area contributed by atoms with Gasteiger partial charge in [-0.15, -0.1) is 0 Å². The Morgan fingerprint density at radius 1 is 1.33 bits per heavy atom. The van der Waals surface area contributed by atoms with Gasteiger partial charge in [-0.05, 0) is 38.5 Å². The minimum absolute atomic E-state index is 0.120. The second-order valence-corrected chi connectivity index (χ2v) is 4.33. The Morgan fingerprint density at radius 2 is 2.00 bits per heavy atom. The Kier molecular flexibility index (Phi) is 3.55. The first-order valence-electron chi connectivity index (χ1n) is 6.16. The van der Waals surface area contributed by atoms with Crippen LogP contribution in [0.5, 0.6) is 5.75 Å². The number of hydrogen-bond donors (Lipinski definition) is 1. The van der Waals surface area contributed by atoms with Gasteiger partial charge in [-0.25, -0.2) is 4.68 Å². The molecule has 0 bridgehead atoms. The van der Waals surface area contributed by atoms with Crippen molar-refractivity contribution in [3.05, 3.63) is 41.6 Å². The molecule has 1 aromatic carbocycles. The number of anilines is 1. The topological polar surface area (TPSA) is 53.1 Å². The molecule has 0 aliphatic rings. The van der Waals surface area contributed by atoms with Gasteiger partial charge in [0.05, 0.1) is 18.3 Å². The van der Waals surface area contributed by atoms with Crippen molar-refractivity contribution in [3.63, 3.8) is 0 Å². The SMILES string of the molecule is CCOc1ccc(C(C)n2nc(C)cc2N)cc1. The Labute approximate surface area is 107 Å². The van der Waals surface area contributed by atoms with Gasteiger partial charge in [-0.1, -0.05) is 12.1 Å². The normalized spacial score (nSPS) is 12.4. The van der Waals surface area contributed by atoms with Gasteiger partial charge >= 0.3 is 0 Å². The molecule has 2 N–H and O–H groups in total. The van der Waals surface area contributed by atoms with E-state index in [1.165, 1.54) is 0 Å². The van der Waals surface area contributed by atoms with Gasteiger partial charge in [0.25, 0.3) is 0 Å². The number of aromatic nitrogens is 2. The van der Waals surface area contributed by atoms with E-state index in [0.717, 1.165) is 17.0 Å². The highest BCUT2D eigenvalue weighted by atomic mass is 16.5. The molecule has 2 aromatic rings. The van der Waals surface area contributed by atoms with E-state index in [-0.39, 0.29) is 6.04 Å². The molecule has 0 saturated heterocycles. The monoisotopic (exact) mass is 245 g/mol. The van der Waals surface area contributed by atoms with Gasteiger partial charge in [0.1, 0.15) is 11.6 Å². The number of aryl methyl sites for hydroxylation is 1. The van der Waals surface area contributed by atoms with Crippen molar-refractivity contribution in [1.82, 2.24) is 9.78 Å². The summed E-state index contributed by atoms with van der Waals surface area (Å²) in [6.07, 6.45) is 0. The third kappa shape index (κ3) is 2.47. The van der Waals surface area contributed by atoms with E-state index in [9.17, 15) is 0 Å². The summed E-state index contributed by atoms with van der Waals surface area (Å²) in [6, 6.07) is 10.0. The molecule has 0 amide bonds. The van der Waals surface area contributed by atoms with Crippen molar-refractivity contribution >= 4 is 5.82 Å². The van der Waals surface area contributed by atoms with Gasteiger partial charge in [-0.2, -0.15) is 5.10 Å². The number of hydrogen-bond acceptors (Lipinski definition) is 3. The lowest BCUT2D eigenvalue weighted by molar-refractivity contribution is 0.340. The summed E-state index contributed by atoms with van der Waals surface area (Å²) in [5, 5.41) is 4.41. The van der Waals surface area contributed by atoms with E-state index in [1.807, 2.05) is 48.9 Å². The van der Waals surface area contributed by atoms with E-state index >= 15 is 0 Å². The van der Waals surface area contributed by atoms with Crippen LogP contribution in [0.15, 0.2) is 30.3 Å². The quantitative estimate of drug-likeness (QED) is 0.901. The molecule has 1 heterocycles. The maximum atomic E-state index is 5.93. The van der Waals surface area contributed by atoms with Crippen LogP contribution in [-0.2, 0) is 0 Å². The Balaban J connectivity index is 2.23. The fourth-order valence-electron chi connectivity index (χ4n) is 2.00. The molecule has 1 atom stereocenters. The van der Waals surface area contributed by atoms with E-state index in [0.29, 0.717) is 12.4 Å². The highest BCUT2D eigenvalue weighted by Gasteiger charge is 2.12. The number of nitrogen functional groups attached to an aromatic ring is 1. The zero-order valence-electron chi connectivity index (χ0n) is 11.1. The molecule has 2 rings (SSSR count). The molecule has 1 unspecified atom stereocenters. The highest BCUT2D eigenvalue weighted by molar-refractivity contribution is 5.35. The molecule has 0 aliphatic carbocycles. The number of ether oxygens (including phenoxy) is 1. The van der Waals surface area contributed by atoms with Crippen LogP contribution in [0.2, 0.25) is 0 Å². The van der Waals surface area contributed by atoms with Crippen molar-refractivity contribution < 1.29 is 4.74 Å². The zero-order chi connectivity index (χ0) is 13.1. The van der Waals surface area contributed by atoms with E-state index in [2.05, 4.69) is 12.0 Å². The molecular formula is C14H19N3O. The molecule has 18 heavy (non-hydrogen) atoms. The van der Waals surface area contributed by atoms with Crippen LogP contribution >= 0.6 is 0 Å². The summed E-state index contributed by atoms with van der Waals surface area (Å²) >= 11 is 0. The molecule has 0 saturated carbocycles. The summed E-state index contributed by atoms with van der Waals surface area (Å²) in [5.41, 5.74) is 8.03. The van der Waals surface area contributed by atoms with Gasteiger partial charge in [0.15, 0.2) is 0 Å². The van der Waals surface area contributed by atoms with Crippen LogP contribution in [0, 0.1) is 6.92 Å². The fourth-order valence-corrected chi connectivity index (χ4v) is 2.00. The molecule has 0 radical (unpaired) electrons. The van der Waals surface area contributed by atoms with E-state index < -0.39 is 0 Å². The molecule has 0 spiro atoms. The number of rotatable bonds is 4. The van der Waals surface area contributed by atoms with Crippen LogP contribution in [0.4, 0.5) is 5.82 Å². The van der Waals surface area contributed by atoms with Crippen LogP contribution < -0.4 is 10.5 Å². The number of benzene rings is 1. The fraction of sp³-hybridized carbons (Fsp3) is 0.357. The minimum atomic E-state index is 0.120. The van der Waals surface area contributed by atoms with Gasteiger partial charge in [0, 0.05) is 6.07 Å². The minimum Gasteiger partial charge on any atom is -0.494 e. The third-order valence-electron chi connectivity index (χ3n) is 2.93. The first-order chi connectivity index (χ1) is 8.61. The highest BCUT2D eigenvalue weighted by Crippen LogP contribution is 2.23. The van der Waals surface area contributed by atoms with Gasteiger partial charge in [0.2, 0.25) is 0 Å². The second-order valence-electron chi connectivity index (χ2n) is 4.33. The first kappa shape index (κ1) is 12.5. The number of nitrogens with zero attached hydrogens (tertiary/aromatic N) is 2. The van der Waals surface area contributed by atoms with Crippen molar-refractivity contribution in [3.8, 4) is 5.75 Å². The van der Waals surface area contributed by atoms with Gasteiger partial charge in [-0.3, -0.25) is 0 Å². The van der Waals surface area contributed by atoms with Crippen molar-refractivity contribution in [2.45, 2.75) is 26.8 Å². The lowest BCUT2D eigenvalue weighted by atomic mass is 10.1. The van der Waals surface area contributed by atoms with Crippen LogP contribution in [0.1, 0.15) is 31.1 Å². The largest absolute Gasteiger partial charge is 0.494 e. The molecule has 0 fully saturated rings. The van der Waals surface area contributed by atoms with Crippen molar-refractivity contribution in [1.29, 1.82) is 0 Å². The molecule has 1 aromatic heterocycles. The third-order valence-corrected chi connectivity index (χ3v) is 2.93. The predicted octanol–water partition coefficient (Wildman–Crippen LogP) is 2.78. The number of nitrogens with two attached hydrogens (primary N) is 1. The van der Waals surface area contributed by atoms with Crippen LogP contribution in [-0.4, -0.2) is 16.4 Å². The molecule has 96 valence electrons.